The number of thiophene rings is 1. The van der Waals surface area contributed by atoms with Crippen LogP contribution in [0.25, 0.3) is 0 Å². The largest absolute Gasteiger partial charge is 0.207 e. The fourth-order valence-corrected chi connectivity index (χ4v) is 4.26. The van der Waals surface area contributed by atoms with E-state index in [0.29, 0.717) is 0 Å². The average Bonchev–Trinajstić information content (AvgIpc) is 2.57. The molecule has 0 nitrogen and oxygen atoms in total. The molecule has 90 valence electrons. The Bertz CT molecular complexity index is 550. The van der Waals surface area contributed by atoms with Crippen LogP contribution in [0.2, 0.25) is 0 Å². The summed E-state index contributed by atoms with van der Waals surface area (Å²) < 4.78 is 13.9. The highest BCUT2D eigenvalue weighted by Crippen LogP contribution is 2.38. The number of aryl methyl sites for hydroxylation is 2. The number of hydrogen-bond acceptors (Lipinski definition) is 1. The minimum atomic E-state index is -0.221. The van der Waals surface area contributed by atoms with E-state index in [1.54, 1.807) is 17.4 Å². The zero-order valence-corrected chi connectivity index (χ0v) is 13.2. The molecule has 0 saturated heterocycles. The topological polar surface area (TPSA) is 0 Å². The maximum atomic E-state index is 13.1. The highest BCUT2D eigenvalue weighted by atomic mass is 127. The van der Waals surface area contributed by atoms with E-state index in [1.165, 1.54) is 22.6 Å². The van der Waals surface area contributed by atoms with Gasteiger partial charge in [0.15, 0.2) is 0 Å². The molecule has 4 heteroatoms. The minimum absolute atomic E-state index is 0.193. The van der Waals surface area contributed by atoms with Crippen LogP contribution in [0.3, 0.4) is 0 Å². The molecule has 0 aliphatic carbocycles. The van der Waals surface area contributed by atoms with Crippen molar-refractivity contribution in [3.8, 4) is 0 Å². The van der Waals surface area contributed by atoms with Gasteiger partial charge in [0.1, 0.15) is 5.82 Å². The molecule has 0 saturated carbocycles. The summed E-state index contributed by atoms with van der Waals surface area (Å²) in [6.07, 6.45) is 0. The van der Waals surface area contributed by atoms with Crippen molar-refractivity contribution in [2.24, 2.45) is 0 Å². The zero-order chi connectivity index (χ0) is 12.6. The van der Waals surface area contributed by atoms with Gasteiger partial charge in [0.2, 0.25) is 0 Å². The third-order valence-corrected chi connectivity index (χ3v) is 5.28. The average molecular weight is 381 g/mol. The Morgan fingerprint density at radius 1 is 1.29 bits per heavy atom. The van der Waals surface area contributed by atoms with Gasteiger partial charge >= 0.3 is 0 Å². The highest BCUT2D eigenvalue weighted by molar-refractivity contribution is 14.1. The quantitative estimate of drug-likeness (QED) is 0.481. The first-order chi connectivity index (χ1) is 7.99. The van der Waals surface area contributed by atoms with Gasteiger partial charge in [-0.2, -0.15) is 0 Å². The Morgan fingerprint density at radius 3 is 2.53 bits per heavy atom. The van der Waals surface area contributed by atoms with Crippen LogP contribution in [0.1, 0.15) is 26.3 Å². The molecular weight excluding hydrogens is 370 g/mol. The molecule has 2 aromatic rings. The van der Waals surface area contributed by atoms with Crippen LogP contribution >= 0.6 is 45.5 Å². The standard InChI is InChI=1S/C13H11ClFIS/c1-7-5-8(2)17-13(7)12(14)10-4-3-9(15)6-11(10)16/h3-6,12H,1-2H3. The fourth-order valence-electron chi connectivity index (χ4n) is 1.76. The second-order valence-electron chi connectivity index (χ2n) is 3.93. The van der Waals surface area contributed by atoms with E-state index in [2.05, 4.69) is 42.5 Å². The second kappa shape index (κ2) is 5.24. The van der Waals surface area contributed by atoms with Gasteiger partial charge in [-0.15, -0.1) is 22.9 Å². The molecule has 1 unspecified atom stereocenters. The first-order valence-corrected chi connectivity index (χ1v) is 7.48. The molecule has 2 rings (SSSR count). The summed E-state index contributed by atoms with van der Waals surface area (Å²) >= 11 is 10.3. The molecule has 1 heterocycles. The molecule has 0 spiro atoms. The van der Waals surface area contributed by atoms with Crippen molar-refractivity contribution in [1.29, 1.82) is 0 Å². The molecule has 1 atom stereocenters. The van der Waals surface area contributed by atoms with Gasteiger partial charge in [0.25, 0.3) is 0 Å². The first kappa shape index (κ1) is 13.3. The summed E-state index contributed by atoms with van der Waals surface area (Å²) in [4.78, 5) is 2.40. The van der Waals surface area contributed by atoms with Crippen LogP contribution in [0.4, 0.5) is 4.39 Å². The molecule has 0 fully saturated rings. The van der Waals surface area contributed by atoms with E-state index < -0.39 is 0 Å². The van der Waals surface area contributed by atoms with Gasteiger partial charge in [0, 0.05) is 13.3 Å². The van der Waals surface area contributed by atoms with Crippen molar-refractivity contribution in [1.82, 2.24) is 0 Å². The first-order valence-electron chi connectivity index (χ1n) is 5.15. The Kier molecular flexibility index (Phi) is 4.10. The van der Waals surface area contributed by atoms with Crippen LogP contribution in [0, 0.1) is 23.2 Å². The van der Waals surface area contributed by atoms with Gasteiger partial charge < -0.3 is 0 Å². The van der Waals surface area contributed by atoms with Crippen LogP contribution in [0.15, 0.2) is 24.3 Å². The summed E-state index contributed by atoms with van der Waals surface area (Å²) in [5, 5.41) is -0.193. The van der Waals surface area contributed by atoms with Gasteiger partial charge in [-0.25, -0.2) is 4.39 Å². The maximum Gasteiger partial charge on any atom is 0.124 e. The lowest BCUT2D eigenvalue weighted by atomic mass is 10.1. The van der Waals surface area contributed by atoms with Crippen LogP contribution < -0.4 is 0 Å². The summed E-state index contributed by atoms with van der Waals surface area (Å²) in [6.45, 7) is 4.13. The lowest BCUT2D eigenvalue weighted by Gasteiger charge is -2.11. The molecular formula is C13H11ClFIS. The summed E-state index contributed by atoms with van der Waals surface area (Å²) in [5.41, 5.74) is 2.17. The lowest BCUT2D eigenvalue weighted by Crippen LogP contribution is -1.96. The van der Waals surface area contributed by atoms with Crippen LogP contribution in [-0.4, -0.2) is 0 Å². The highest BCUT2D eigenvalue weighted by Gasteiger charge is 2.18. The smallest absolute Gasteiger partial charge is 0.124 e. The van der Waals surface area contributed by atoms with E-state index in [1.807, 2.05) is 0 Å². The van der Waals surface area contributed by atoms with Gasteiger partial charge in [-0.05, 0) is 65.8 Å². The number of rotatable bonds is 2. The van der Waals surface area contributed by atoms with Crippen molar-refractivity contribution in [3.05, 3.63) is 54.5 Å². The summed E-state index contributed by atoms with van der Waals surface area (Å²) in [6, 6.07) is 6.87. The molecule has 0 aliphatic rings. The number of halogens is 3. The second-order valence-corrected chi connectivity index (χ2v) is 6.82. The Morgan fingerprint density at radius 2 is 2.00 bits per heavy atom. The number of hydrogen-bond donors (Lipinski definition) is 0. The maximum absolute atomic E-state index is 13.1. The predicted octanol–water partition coefficient (Wildman–Crippen LogP) is 5.44. The third-order valence-electron chi connectivity index (χ3n) is 2.55. The number of benzene rings is 1. The Hall–Kier alpha value is -0.130. The molecule has 1 aromatic carbocycles. The Balaban J connectivity index is 2.43. The van der Waals surface area contributed by atoms with Crippen LogP contribution in [0.5, 0.6) is 0 Å². The molecule has 0 radical (unpaired) electrons. The van der Waals surface area contributed by atoms with E-state index in [0.717, 1.165) is 14.0 Å². The van der Waals surface area contributed by atoms with Gasteiger partial charge in [-0.3, -0.25) is 0 Å². The summed E-state index contributed by atoms with van der Waals surface area (Å²) in [5.74, 6) is -0.221. The fraction of sp³-hybridized carbons (Fsp3) is 0.231. The van der Waals surface area contributed by atoms with Crippen molar-refractivity contribution in [2.75, 3.05) is 0 Å². The van der Waals surface area contributed by atoms with E-state index >= 15 is 0 Å². The lowest BCUT2D eigenvalue weighted by molar-refractivity contribution is 0.626. The monoisotopic (exact) mass is 380 g/mol. The Labute approximate surface area is 123 Å². The predicted molar refractivity (Wildman–Crippen MR) is 80.6 cm³/mol. The molecule has 1 aromatic heterocycles. The minimum Gasteiger partial charge on any atom is -0.207 e. The van der Waals surface area contributed by atoms with Crippen molar-refractivity contribution in [3.63, 3.8) is 0 Å². The molecule has 0 aliphatic heterocycles. The summed E-state index contributed by atoms with van der Waals surface area (Å²) in [7, 11) is 0. The third kappa shape index (κ3) is 2.83. The zero-order valence-electron chi connectivity index (χ0n) is 9.43. The van der Waals surface area contributed by atoms with E-state index in [4.69, 9.17) is 11.6 Å². The van der Waals surface area contributed by atoms with E-state index in [9.17, 15) is 4.39 Å². The normalized spacial score (nSPS) is 12.8. The van der Waals surface area contributed by atoms with Crippen molar-refractivity contribution >= 4 is 45.5 Å². The van der Waals surface area contributed by atoms with Gasteiger partial charge in [0.05, 0.1) is 5.38 Å². The molecule has 0 N–H and O–H groups in total. The molecule has 0 amide bonds. The van der Waals surface area contributed by atoms with Crippen LogP contribution in [-0.2, 0) is 0 Å². The van der Waals surface area contributed by atoms with Crippen molar-refractivity contribution in [2.45, 2.75) is 19.2 Å². The molecule has 0 bridgehead atoms. The van der Waals surface area contributed by atoms with Crippen molar-refractivity contribution < 1.29 is 4.39 Å². The van der Waals surface area contributed by atoms with Gasteiger partial charge in [-0.1, -0.05) is 6.07 Å². The molecule has 17 heavy (non-hydrogen) atoms. The SMILES string of the molecule is Cc1cc(C)c(C(Cl)c2ccc(F)cc2I)s1. The number of alkyl halides is 1. The van der Waals surface area contributed by atoms with E-state index in [-0.39, 0.29) is 11.2 Å².